The van der Waals surface area contributed by atoms with E-state index in [2.05, 4.69) is 51.6 Å². The third-order valence-corrected chi connectivity index (χ3v) is 6.12. The first-order valence-corrected chi connectivity index (χ1v) is 11.4. The molecule has 1 atom stereocenters. The molecule has 34 heavy (non-hydrogen) atoms. The molecule has 9 nitrogen and oxygen atoms in total. The Labute approximate surface area is 198 Å². The molecule has 4 aromatic rings. The molecular weight excluding hydrogens is 428 g/mol. The van der Waals surface area contributed by atoms with Crippen LogP contribution in [0.5, 0.6) is 0 Å². The Morgan fingerprint density at radius 2 is 1.82 bits per heavy atom. The number of hydrogen-bond donors (Lipinski definition) is 2. The van der Waals surface area contributed by atoms with E-state index in [4.69, 9.17) is 4.98 Å². The Bertz CT molecular complexity index is 1280. The molecule has 2 aromatic heterocycles. The molecule has 9 heteroatoms. The van der Waals surface area contributed by atoms with Crippen LogP contribution in [0.3, 0.4) is 0 Å². The van der Waals surface area contributed by atoms with Crippen molar-refractivity contribution < 1.29 is 4.79 Å². The summed E-state index contributed by atoms with van der Waals surface area (Å²) < 4.78 is 1.88. The van der Waals surface area contributed by atoms with E-state index in [1.165, 1.54) is 5.56 Å². The Hall–Kier alpha value is -3.98. The van der Waals surface area contributed by atoms with Crippen LogP contribution in [0.2, 0.25) is 0 Å². The second-order valence-corrected chi connectivity index (χ2v) is 8.58. The third-order valence-electron chi connectivity index (χ3n) is 6.12. The average Bonchev–Trinajstić information content (AvgIpc) is 3.28. The largest absolute Gasteiger partial charge is 0.362 e. The molecule has 2 N–H and O–H groups in total. The molecule has 1 aliphatic rings. The van der Waals surface area contributed by atoms with Crippen LogP contribution >= 0.6 is 0 Å². The summed E-state index contributed by atoms with van der Waals surface area (Å²) in [6.45, 7) is 5.29. The van der Waals surface area contributed by atoms with Crippen LogP contribution in [-0.4, -0.2) is 68.6 Å². The maximum absolute atomic E-state index is 12.7. The van der Waals surface area contributed by atoms with Gasteiger partial charge in [-0.1, -0.05) is 30.3 Å². The minimum atomic E-state index is -0.0839. The van der Waals surface area contributed by atoms with Gasteiger partial charge in [-0.25, -0.2) is 14.8 Å². The van der Waals surface area contributed by atoms with Gasteiger partial charge in [0.15, 0.2) is 5.82 Å². The van der Waals surface area contributed by atoms with Gasteiger partial charge in [0, 0.05) is 37.9 Å². The van der Waals surface area contributed by atoms with Gasteiger partial charge in [0.1, 0.15) is 12.1 Å². The molecule has 2 aromatic carbocycles. The van der Waals surface area contributed by atoms with Crippen molar-refractivity contribution in [3.05, 3.63) is 72.8 Å². The number of aromatic nitrogens is 4. The highest BCUT2D eigenvalue weighted by Crippen LogP contribution is 2.23. The fourth-order valence-corrected chi connectivity index (χ4v) is 4.07. The summed E-state index contributed by atoms with van der Waals surface area (Å²) in [7, 11) is 2.07. The number of imidazole rings is 1. The molecular formula is C25H28N8O. The lowest BCUT2D eigenvalue weighted by molar-refractivity contribution is 0.164. The number of benzene rings is 2. The van der Waals surface area contributed by atoms with E-state index in [0.29, 0.717) is 11.6 Å². The Morgan fingerprint density at radius 1 is 1.03 bits per heavy atom. The molecule has 1 saturated heterocycles. The number of fused-ring (bicyclic) bond motifs is 1. The number of carbonyl (C=O) groups is 1. The van der Waals surface area contributed by atoms with Crippen LogP contribution in [0.25, 0.3) is 16.9 Å². The van der Waals surface area contributed by atoms with Crippen LogP contribution < -0.4 is 10.6 Å². The van der Waals surface area contributed by atoms with Gasteiger partial charge in [0.2, 0.25) is 0 Å². The van der Waals surface area contributed by atoms with E-state index in [9.17, 15) is 4.79 Å². The molecule has 174 valence electrons. The van der Waals surface area contributed by atoms with Crippen molar-refractivity contribution in [3.63, 3.8) is 0 Å². The summed E-state index contributed by atoms with van der Waals surface area (Å²) in [5.41, 5.74) is 3.55. The summed E-state index contributed by atoms with van der Waals surface area (Å²) in [6, 6.07) is 15.9. The maximum atomic E-state index is 12.7. The van der Waals surface area contributed by atoms with Gasteiger partial charge < -0.3 is 20.4 Å². The highest BCUT2D eigenvalue weighted by atomic mass is 16.2. The lowest BCUT2D eigenvalue weighted by atomic mass is 10.1. The van der Waals surface area contributed by atoms with Crippen molar-refractivity contribution >= 4 is 28.6 Å². The van der Waals surface area contributed by atoms with E-state index in [0.717, 1.165) is 42.9 Å². The molecule has 5 rings (SSSR count). The summed E-state index contributed by atoms with van der Waals surface area (Å²) in [4.78, 5) is 30.4. The first kappa shape index (κ1) is 21.8. The van der Waals surface area contributed by atoms with Gasteiger partial charge in [-0.2, -0.15) is 0 Å². The molecule has 0 radical (unpaired) electrons. The minimum Gasteiger partial charge on any atom is -0.362 e. The number of carbonyl (C=O) groups excluding carboxylic acids is 1. The van der Waals surface area contributed by atoms with Gasteiger partial charge in [0.05, 0.1) is 23.4 Å². The molecule has 2 amide bonds. The summed E-state index contributed by atoms with van der Waals surface area (Å²) in [5.74, 6) is 1.32. The number of rotatable bonds is 5. The third kappa shape index (κ3) is 4.69. The number of likely N-dealkylation sites (N-methyl/N-ethyl adjacent to an activating group) is 1. The zero-order valence-corrected chi connectivity index (χ0v) is 19.3. The second-order valence-electron chi connectivity index (χ2n) is 8.58. The number of anilines is 2. The molecule has 0 bridgehead atoms. The molecule has 0 unspecified atom stereocenters. The quantitative estimate of drug-likeness (QED) is 0.475. The number of piperazine rings is 1. The van der Waals surface area contributed by atoms with Crippen molar-refractivity contribution in [2.45, 2.75) is 13.0 Å². The Kier molecular flexibility index (Phi) is 6.09. The van der Waals surface area contributed by atoms with Crippen LogP contribution in [0.4, 0.5) is 16.3 Å². The first-order valence-electron chi connectivity index (χ1n) is 11.4. The van der Waals surface area contributed by atoms with E-state index >= 15 is 0 Å². The molecule has 1 fully saturated rings. The lowest BCUT2D eigenvalue weighted by Gasteiger charge is -2.32. The molecule has 0 saturated carbocycles. The van der Waals surface area contributed by atoms with E-state index in [-0.39, 0.29) is 12.1 Å². The Balaban J connectivity index is 1.36. The van der Waals surface area contributed by atoms with Crippen molar-refractivity contribution in [3.8, 4) is 5.82 Å². The van der Waals surface area contributed by atoms with Crippen molar-refractivity contribution in [1.29, 1.82) is 0 Å². The summed E-state index contributed by atoms with van der Waals surface area (Å²) >= 11 is 0. The average molecular weight is 457 g/mol. The molecule has 3 heterocycles. The molecule has 0 aliphatic carbocycles. The highest BCUT2D eigenvalue weighted by Gasteiger charge is 2.19. The number of amides is 2. The fraction of sp³-hybridized carbons (Fsp3) is 0.280. The maximum Gasteiger partial charge on any atom is 0.321 e. The predicted octanol–water partition coefficient (Wildman–Crippen LogP) is 3.77. The van der Waals surface area contributed by atoms with Gasteiger partial charge in [0.25, 0.3) is 0 Å². The monoisotopic (exact) mass is 456 g/mol. The van der Waals surface area contributed by atoms with Gasteiger partial charge in [-0.15, -0.1) is 0 Å². The van der Waals surface area contributed by atoms with E-state index in [1.54, 1.807) is 18.7 Å². The number of hydrogen-bond acceptors (Lipinski definition) is 6. The topological polar surface area (TPSA) is 91.2 Å². The first-order chi connectivity index (χ1) is 16.6. The van der Waals surface area contributed by atoms with Gasteiger partial charge >= 0.3 is 6.03 Å². The number of nitrogens with zero attached hydrogens (tertiary/aromatic N) is 6. The molecule has 1 aliphatic heterocycles. The zero-order chi connectivity index (χ0) is 23.5. The second kappa shape index (κ2) is 9.48. The SMILES string of the molecule is C[C@H](Nc1cncc(-n2cnc3ccc(NC(=O)N4CCN(C)CC4)cc32)n1)c1ccccc1. The van der Waals surface area contributed by atoms with Crippen molar-refractivity contribution in [2.75, 3.05) is 43.9 Å². The number of nitrogens with one attached hydrogen (secondary N) is 2. The van der Waals surface area contributed by atoms with Crippen molar-refractivity contribution in [1.82, 2.24) is 29.3 Å². The van der Waals surface area contributed by atoms with Crippen LogP contribution in [-0.2, 0) is 0 Å². The van der Waals surface area contributed by atoms with E-state index in [1.807, 2.05) is 45.9 Å². The summed E-state index contributed by atoms with van der Waals surface area (Å²) in [6.07, 6.45) is 5.14. The van der Waals surface area contributed by atoms with Crippen LogP contribution in [0.1, 0.15) is 18.5 Å². The standard InChI is InChI=1S/C25H28N8O/c1-18(19-6-4-3-5-7-19)28-23-15-26-16-24(30-23)33-17-27-21-9-8-20(14-22(21)33)29-25(34)32-12-10-31(2)11-13-32/h3-9,14-18H,10-13H2,1-2H3,(H,28,30)(H,29,34)/t18-/m0/s1. The minimum absolute atomic E-state index is 0.0839. The highest BCUT2D eigenvalue weighted by molar-refractivity contribution is 5.92. The van der Waals surface area contributed by atoms with E-state index < -0.39 is 0 Å². The molecule has 0 spiro atoms. The zero-order valence-electron chi connectivity index (χ0n) is 19.3. The predicted molar refractivity (Wildman–Crippen MR) is 133 cm³/mol. The fourth-order valence-electron chi connectivity index (χ4n) is 4.07. The van der Waals surface area contributed by atoms with Gasteiger partial charge in [-0.3, -0.25) is 9.55 Å². The lowest BCUT2D eigenvalue weighted by Crippen LogP contribution is -2.48. The van der Waals surface area contributed by atoms with Crippen LogP contribution in [0.15, 0.2) is 67.3 Å². The summed E-state index contributed by atoms with van der Waals surface area (Å²) in [5, 5.41) is 6.43. The van der Waals surface area contributed by atoms with Crippen molar-refractivity contribution in [2.24, 2.45) is 0 Å². The number of urea groups is 1. The smallest absolute Gasteiger partial charge is 0.321 e. The Morgan fingerprint density at radius 3 is 2.62 bits per heavy atom. The normalized spacial score (nSPS) is 15.3. The van der Waals surface area contributed by atoms with Gasteiger partial charge in [-0.05, 0) is 37.7 Å². The van der Waals surface area contributed by atoms with Crippen LogP contribution in [0, 0.1) is 0 Å².